The maximum Gasteiger partial charge on any atom is 0.508 e. The first-order valence-electron chi connectivity index (χ1n) is 4.25. The van der Waals surface area contributed by atoms with Gasteiger partial charge in [0, 0.05) is 0 Å². The van der Waals surface area contributed by atoms with Gasteiger partial charge < -0.3 is 9.47 Å². The molecule has 0 saturated carbocycles. The van der Waals surface area contributed by atoms with Crippen LogP contribution in [0.2, 0.25) is 0 Å². The van der Waals surface area contributed by atoms with Crippen molar-refractivity contribution < 1.29 is 23.0 Å². The molecule has 0 radical (unpaired) electrons. The van der Waals surface area contributed by atoms with Crippen LogP contribution in [0, 0.1) is 0 Å². The summed E-state index contributed by atoms with van der Waals surface area (Å²) in [4.78, 5) is 10.8. The molecule has 0 aromatic heterocycles. The second kappa shape index (κ2) is 4.11. The molecule has 0 aromatic rings. The van der Waals surface area contributed by atoms with E-state index in [-0.39, 0.29) is 0 Å². The average Bonchev–Trinajstić information content (AvgIpc) is 2.02. The lowest BCUT2D eigenvalue weighted by molar-refractivity contribution is -0.121. The van der Waals surface area contributed by atoms with Crippen molar-refractivity contribution in [1.29, 1.82) is 0 Å². The van der Waals surface area contributed by atoms with E-state index >= 15 is 0 Å². The van der Waals surface area contributed by atoms with Gasteiger partial charge in [-0.15, -0.1) is 0 Å². The van der Waals surface area contributed by atoms with Gasteiger partial charge in [-0.25, -0.2) is 13.6 Å². The minimum atomic E-state index is -2.26. The second-order valence-electron chi connectivity index (χ2n) is 3.76. The molecule has 0 N–H and O–H groups in total. The fourth-order valence-electron chi connectivity index (χ4n) is 0.829. The Labute approximate surface area is 82.4 Å². The van der Waals surface area contributed by atoms with Gasteiger partial charge in [-0.2, -0.15) is 0 Å². The van der Waals surface area contributed by atoms with Crippen LogP contribution in [0.4, 0.5) is 13.6 Å². The molecule has 0 heterocycles. The molecule has 84 valence electrons. The smallest absolute Gasteiger partial charge is 0.438 e. The number of methoxy groups -OCH3 is 1. The molecule has 0 fully saturated rings. The lowest BCUT2D eigenvalue weighted by Gasteiger charge is -2.37. The van der Waals surface area contributed by atoms with E-state index in [4.69, 9.17) is 0 Å². The van der Waals surface area contributed by atoms with Crippen molar-refractivity contribution in [3.05, 3.63) is 0 Å². The Balaban J connectivity index is 4.68. The van der Waals surface area contributed by atoms with E-state index in [1.54, 1.807) is 0 Å². The predicted octanol–water partition coefficient (Wildman–Crippen LogP) is 2.63. The molecule has 0 saturated heterocycles. The minimum absolute atomic E-state index is 1.03. The third kappa shape index (κ3) is 2.56. The fourth-order valence-corrected chi connectivity index (χ4v) is 0.829. The number of carbonyl (C=O) groups is 1. The normalized spacial score (nSPS) is 18.2. The molecule has 2 atom stereocenters. The van der Waals surface area contributed by atoms with Crippen molar-refractivity contribution in [2.45, 2.75) is 45.1 Å². The molecule has 2 unspecified atom stereocenters. The number of alkyl halides is 2. The zero-order valence-electron chi connectivity index (χ0n) is 9.06. The molecule has 0 spiro atoms. The van der Waals surface area contributed by atoms with Crippen LogP contribution in [0.25, 0.3) is 0 Å². The largest absolute Gasteiger partial charge is 0.508 e. The number of halogens is 2. The molecule has 14 heavy (non-hydrogen) atoms. The highest BCUT2D eigenvalue weighted by atomic mass is 19.2. The van der Waals surface area contributed by atoms with Gasteiger partial charge in [0.05, 0.1) is 7.11 Å². The summed E-state index contributed by atoms with van der Waals surface area (Å²) in [5.41, 5.74) is -3.84. The summed E-state index contributed by atoms with van der Waals surface area (Å²) in [5, 5.41) is 0. The molecule has 3 nitrogen and oxygen atoms in total. The molecule has 0 aliphatic rings. The number of hydrogen-bond acceptors (Lipinski definition) is 3. The molecule has 0 amide bonds. The Kier molecular flexibility index (Phi) is 3.85. The van der Waals surface area contributed by atoms with Gasteiger partial charge in [0.15, 0.2) is 5.67 Å². The Bertz CT molecular complexity index is 212. The van der Waals surface area contributed by atoms with Crippen molar-refractivity contribution in [3.63, 3.8) is 0 Å². The summed E-state index contributed by atoms with van der Waals surface area (Å²) in [6.45, 7) is 4.70. The van der Waals surface area contributed by atoms with Gasteiger partial charge in [-0.05, 0) is 27.7 Å². The third-order valence-electron chi connectivity index (χ3n) is 2.43. The lowest BCUT2D eigenvalue weighted by Crippen LogP contribution is -2.52. The molecule has 0 aromatic carbocycles. The Hall–Kier alpha value is -0.870. The quantitative estimate of drug-likeness (QED) is 0.672. The number of rotatable bonds is 3. The van der Waals surface area contributed by atoms with Crippen molar-refractivity contribution >= 4 is 6.16 Å². The third-order valence-corrected chi connectivity index (χ3v) is 2.43. The Morgan fingerprint density at radius 2 is 1.79 bits per heavy atom. The van der Waals surface area contributed by atoms with Crippen LogP contribution in [0.5, 0.6) is 0 Å². The van der Waals surface area contributed by atoms with Crippen molar-refractivity contribution in [3.8, 4) is 0 Å². The van der Waals surface area contributed by atoms with E-state index in [0.29, 0.717) is 0 Å². The number of ether oxygens (including phenoxy) is 2. The fraction of sp³-hybridized carbons (Fsp3) is 0.889. The van der Waals surface area contributed by atoms with Gasteiger partial charge >= 0.3 is 6.16 Å². The van der Waals surface area contributed by atoms with Crippen LogP contribution < -0.4 is 0 Å². The summed E-state index contributed by atoms with van der Waals surface area (Å²) in [6, 6.07) is 0. The van der Waals surface area contributed by atoms with E-state index in [9.17, 15) is 13.6 Å². The van der Waals surface area contributed by atoms with Crippen molar-refractivity contribution in [2.75, 3.05) is 7.11 Å². The maximum absolute atomic E-state index is 13.8. The second-order valence-corrected chi connectivity index (χ2v) is 3.76. The molecule has 0 aliphatic carbocycles. The van der Waals surface area contributed by atoms with E-state index in [0.717, 1.165) is 21.0 Å². The Morgan fingerprint density at radius 1 is 1.36 bits per heavy atom. The van der Waals surface area contributed by atoms with Gasteiger partial charge in [0.1, 0.15) is 11.8 Å². The summed E-state index contributed by atoms with van der Waals surface area (Å²) in [5.74, 6) is 0. The highest BCUT2D eigenvalue weighted by Gasteiger charge is 2.49. The molecular formula is C9H16F2O3. The zero-order chi connectivity index (χ0) is 11.6. The van der Waals surface area contributed by atoms with E-state index in [2.05, 4.69) is 9.47 Å². The Morgan fingerprint density at radius 3 is 2.07 bits per heavy atom. The minimum Gasteiger partial charge on any atom is -0.438 e. The zero-order valence-corrected chi connectivity index (χ0v) is 9.06. The molecule has 0 rings (SSSR count). The van der Waals surface area contributed by atoms with Crippen molar-refractivity contribution in [2.24, 2.45) is 0 Å². The number of carbonyl (C=O) groups excluding carboxylic acids is 1. The molecule has 0 bridgehead atoms. The first-order chi connectivity index (χ1) is 6.15. The van der Waals surface area contributed by atoms with Crippen LogP contribution in [0.1, 0.15) is 27.7 Å². The van der Waals surface area contributed by atoms with Crippen LogP contribution in [-0.4, -0.2) is 30.7 Å². The maximum atomic E-state index is 13.8. The monoisotopic (exact) mass is 210 g/mol. The predicted molar refractivity (Wildman–Crippen MR) is 47.7 cm³/mol. The molecular weight excluding hydrogens is 194 g/mol. The van der Waals surface area contributed by atoms with Crippen molar-refractivity contribution in [1.82, 2.24) is 0 Å². The lowest BCUT2D eigenvalue weighted by atomic mass is 9.86. The SMILES string of the molecule is COC(=O)OC(C)(C)C(C)(F)C(C)F. The van der Waals surface area contributed by atoms with E-state index in [1.807, 2.05) is 0 Å². The van der Waals surface area contributed by atoms with E-state index in [1.165, 1.54) is 13.8 Å². The van der Waals surface area contributed by atoms with Crippen LogP contribution in [-0.2, 0) is 9.47 Å². The summed E-state index contributed by atoms with van der Waals surface area (Å²) >= 11 is 0. The standard InChI is InChI=1S/C9H16F2O3/c1-6(10)9(4,11)8(2,3)14-7(12)13-5/h6H,1-5H3. The van der Waals surface area contributed by atoms with Gasteiger partial charge in [0.2, 0.25) is 0 Å². The first kappa shape index (κ1) is 13.1. The summed E-state index contributed by atoms with van der Waals surface area (Å²) < 4.78 is 35.5. The van der Waals surface area contributed by atoms with Gasteiger partial charge in [0.25, 0.3) is 0 Å². The number of hydrogen-bond donors (Lipinski definition) is 0. The summed E-state index contributed by atoms with van der Waals surface area (Å²) in [6.07, 6.45) is -2.78. The highest BCUT2D eigenvalue weighted by Crippen LogP contribution is 2.34. The van der Waals surface area contributed by atoms with Crippen LogP contribution >= 0.6 is 0 Å². The van der Waals surface area contributed by atoms with Crippen LogP contribution in [0.15, 0.2) is 0 Å². The van der Waals surface area contributed by atoms with Gasteiger partial charge in [-0.3, -0.25) is 0 Å². The molecule has 0 aliphatic heterocycles. The van der Waals surface area contributed by atoms with Crippen LogP contribution in [0.3, 0.4) is 0 Å². The van der Waals surface area contributed by atoms with E-state index < -0.39 is 23.6 Å². The topological polar surface area (TPSA) is 35.5 Å². The average molecular weight is 210 g/mol. The highest BCUT2D eigenvalue weighted by molar-refractivity contribution is 5.60. The molecule has 5 heteroatoms. The first-order valence-corrected chi connectivity index (χ1v) is 4.25. The van der Waals surface area contributed by atoms with Gasteiger partial charge in [-0.1, -0.05) is 0 Å². The summed E-state index contributed by atoms with van der Waals surface area (Å²) in [7, 11) is 1.10.